The summed E-state index contributed by atoms with van der Waals surface area (Å²) in [5.74, 6) is 1.84. The molecule has 1 aliphatic heterocycles. The Morgan fingerprint density at radius 1 is 1.44 bits per heavy atom. The van der Waals surface area contributed by atoms with Crippen molar-refractivity contribution in [3.8, 4) is 0 Å². The van der Waals surface area contributed by atoms with Crippen molar-refractivity contribution in [2.24, 2.45) is 0 Å². The minimum absolute atomic E-state index is 0.296. The number of carboxylic acids is 1. The van der Waals surface area contributed by atoms with E-state index in [1.807, 2.05) is 11.8 Å². The molecule has 0 spiro atoms. The first kappa shape index (κ1) is 13.8. The van der Waals surface area contributed by atoms with E-state index in [2.05, 4.69) is 18.7 Å². The fraction of sp³-hybridized carbons (Fsp3) is 0.917. The third-order valence-electron chi connectivity index (χ3n) is 3.13. The zero-order valence-electron chi connectivity index (χ0n) is 10.3. The molecule has 1 heterocycles. The molecule has 3 nitrogen and oxygen atoms in total. The second-order valence-corrected chi connectivity index (χ2v) is 5.90. The van der Waals surface area contributed by atoms with Crippen LogP contribution in [0.15, 0.2) is 0 Å². The van der Waals surface area contributed by atoms with E-state index in [1.165, 1.54) is 24.3 Å². The Morgan fingerprint density at radius 2 is 2.06 bits per heavy atom. The molecule has 0 aromatic heterocycles. The maximum Gasteiger partial charge on any atom is 0.303 e. The van der Waals surface area contributed by atoms with Gasteiger partial charge in [-0.3, -0.25) is 9.69 Å². The van der Waals surface area contributed by atoms with E-state index < -0.39 is 5.97 Å². The van der Waals surface area contributed by atoms with Gasteiger partial charge in [-0.1, -0.05) is 0 Å². The molecule has 0 aromatic rings. The molecule has 1 rings (SSSR count). The molecule has 0 unspecified atom stereocenters. The molecule has 0 bridgehead atoms. The smallest absolute Gasteiger partial charge is 0.303 e. The number of nitrogens with zero attached hydrogens (tertiary/aromatic N) is 1. The van der Waals surface area contributed by atoms with Gasteiger partial charge in [-0.25, -0.2) is 0 Å². The summed E-state index contributed by atoms with van der Waals surface area (Å²) in [5, 5.41) is 8.65. The van der Waals surface area contributed by atoms with Gasteiger partial charge in [0.05, 0.1) is 0 Å². The monoisotopic (exact) mass is 245 g/mol. The summed E-state index contributed by atoms with van der Waals surface area (Å²) >= 11 is 2.04. The van der Waals surface area contributed by atoms with E-state index in [9.17, 15) is 4.79 Å². The first-order chi connectivity index (χ1) is 7.61. The van der Waals surface area contributed by atoms with Crippen LogP contribution in [0.2, 0.25) is 0 Å². The van der Waals surface area contributed by atoms with Crippen LogP contribution in [0.4, 0.5) is 0 Å². The number of hydrogen-bond acceptors (Lipinski definition) is 3. The van der Waals surface area contributed by atoms with Crippen LogP contribution in [0.25, 0.3) is 0 Å². The number of rotatable bonds is 6. The molecule has 0 amide bonds. The van der Waals surface area contributed by atoms with Crippen molar-refractivity contribution in [2.75, 3.05) is 18.1 Å². The van der Waals surface area contributed by atoms with Crippen LogP contribution >= 0.6 is 11.8 Å². The Hall–Kier alpha value is -0.220. The van der Waals surface area contributed by atoms with Gasteiger partial charge in [-0.05, 0) is 51.2 Å². The van der Waals surface area contributed by atoms with Gasteiger partial charge < -0.3 is 5.11 Å². The second kappa shape index (κ2) is 7.17. The van der Waals surface area contributed by atoms with Gasteiger partial charge in [0.15, 0.2) is 0 Å². The van der Waals surface area contributed by atoms with Crippen molar-refractivity contribution < 1.29 is 9.90 Å². The van der Waals surface area contributed by atoms with Gasteiger partial charge >= 0.3 is 5.97 Å². The van der Waals surface area contributed by atoms with Gasteiger partial charge in [0.2, 0.25) is 0 Å². The lowest BCUT2D eigenvalue weighted by Gasteiger charge is -2.37. The summed E-state index contributed by atoms with van der Waals surface area (Å²) in [6, 6.07) is 1.21. The van der Waals surface area contributed by atoms with E-state index in [-0.39, 0.29) is 0 Å². The Balaban J connectivity index is 2.36. The summed E-state index contributed by atoms with van der Waals surface area (Å²) in [5.41, 5.74) is 0. The summed E-state index contributed by atoms with van der Waals surface area (Å²) in [6.07, 6.45) is 3.59. The number of aliphatic carboxylic acids is 1. The minimum Gasteiger partial charge on any atom is -0.481 e. The van der Waals surface area contributed by atoms with Crippen LogP contribution < -0.4 is 0 Å². The van der Waals surface area contributed by atoms with Crippen molar-refractivity contribution in [1.82, 2.24) is 4.90 Å². The van der Waals surface area contributed by atoms with Gasteiger partial charge in [0.25, 0.3) is 0 Å². The van der Waals surface area contributed by atoms with Gasteiger partial charge in [0, 0.05) is 18.5 Å². The van der Waals surface area contributed by atoms with Crippen molar-refractivity contribution in [1.29, 1.82) is 0 Å². The molecule has 1 aliphatic rings. The summed E-state index contributed by atoms with van der Waals surface area (Å²) in [4.78, 5) is 13.0. The van der Waals surface area contributed by atoms with E-state index in [4.69, 9.17) is 5.11 Å². The maximum absolute atomic E-state index is 10.5. The Morgan fingerprint density at radius 3 is 2.56 bits per heavy atom. The van der Waals surface area contributed by atoms with E-state index in [1.54, 1.807) is 0 Å². The average molecular weight is 245 g/mol. The second-order valence-electron chi connectivity index (χ2n) is 4.67. The quantitative estimate of drug-likeness (QED) is 0.780. The molecule has 1 fully saturated rings. The molecule has 1 saturated heterocycles. The fourth-order valence-electron chi connectivity index (χ4n) is 2.29. The molecule has 94 valence electrons. The zero-order valence-corrected chi connectivity index (χ0v) is 11.1. The molecule has 1 N–H and O–H groups in total. The predicted octanol–water partition coefficient (Wildman–Crippen LogP) is 2.46. The molecule has 0 aliphatic carbocycles. The highest BCUT2D eigenvalue weighted by molar-refractivity contribution is 7.99. The number of carboxylic acid groups (broad SMARTS) is 1. The minimum atomic E-state index is -0.678. The van der Waals surface area contributed by atoms with E-state index >= 15 is 0 Å². The Kier molecular flexibility index (Phi) is 6.21. The highest BCUT2D eigenvalue weighted by Crippen LogP contribution is 2.23. The maximum atomic E-state index is 10.5. The number of carbonyl (C=O) groups is 1. The molecular formula is C12H23NO2S. The van der Waals surface area contributed by atoms with Gasteiger partial charge in [0.1, 0.15) is 0 Å². The topological polar surface area (TPSA) is 40.5 Å². The molecule has 0 radical (unpaired) electrons. The van der Waals surface area contributed by atoms with E-state index in [0.29, 0.717) is 18.5 Å². The molecule has 0 aromatic carbocycles. The largest absolute Gasteiger partial charge is 0.481 e. The van der Waals surface area contributed by atoms with E-state index in [0.717, 1.165) is 13.0 Å². The van der Waals surface area contributed by atoms with Crippen molar-refractivity contribution in [3.05, 3.63) is 0 Å². The fourth-order valence-corrected chi connectivity index (χ4v) is 3.37. The lowest BCUT2D eigenvalue weighted by atomic mass is 10.1. The van der Waals surface area contributed by atoms with Crippen LogP contribution in [0.3, 0.4) is 0 Å². The molecule has 4 heteroatoms. The summed E-state index contributed by atoms with van der Waals surface area (Å²) in [7, 11) is 0. The van der Waals surface area contributed by atoms with Gasteiger partial charge in [-0.2, -0.15) is 11.8 Å². The first-order valence-electron chi connectivity index (χ1n) is 6.16. The first-order valence-corrected chi connectivity index (χ1v) is 7.32. The standard InChI is InChI=1S/C12H23NO2S/c1-10(2)13(7-3-4-12(14)15)11-5-8-16-9-6-11/h10-11H,3-9H2,1-2H3,(H,14,15). The van der Waals surface area contributed by atoms with Crippen molar-refractivity contribution >= 4 is 17.7 Å². The van der Waals surface area contributed by atoms with Crippen molar-refractivity contribution in [3.63, 3.8) is 0 Å². The van der Waals surface area contributed by atoms with Crippen LogP contribution in [0, 0.1) is 0 Å². The third-order valence-corrected chi connectivity index (χ3v) is 4.18. The van der Waals surface area contributed by atoms with Crippen molar-refractivity contribution in [2.45, 2.75) is 51.6 Å². The summed E-state index contributed by atoms with van der Waals surface area (Å²) in [6.45, 7) is 5.35. The third kappa shape index (κ3) is 4.74. The predicted molar refractivity (Wildman–Crippen MR) is 69.1 cm³/mol. The highest BCUT2D eigenvalue weighted by atomic mass is 32.2. The van der Waals surface area contributed by atoms with Crippen LogP contribution in [-0.4, -0.2) is 46.1 Å². The highest BCUT2D eigenvalue weighted by Gasteiger charge is 2.23. The molecular weight excluding hydrogens is 222 g/mol. The zero-order chi connectivity index (χ0) is 12.0. The SMILES string of the molecule is CC(C)N(CCCC(=O)O)C1CCSCC1. The molecule has 0 saturated carbocycles. The average Bonchev–Trinajstić information content (AvgIpc) is 2.25. The lowest BCUT2D eigenvalue weighted by molar-refractivity contribution is -0.137. The lowest BCUT2D eigenvalue weighted by Crippen LogP contribution is -2.43. The van der Waals surface area contributed by atoms with Crippen LogP contribution in [0.5, 0.6) is 0 Å². The number of hydrogen-bond donors (Lipinski definition) is 1. The Labute approximate surface area is 103 Å². The van der Waals surface area contributed by atoms with Gasteiger partial charge in [-0.15, -0.1) is 0 Å². The van der Waals surface area contributed by atoms with Crippen LogP contribution in [-0.2, 0) is 4.79 Å². The summed E-state index contributed by atoms with van der Waals surface area (Å²) < 4.78 is 0. The Bertz CT molecular complexity index is 215. The number of thioether (sulfide) groups is 1. The van der Waals surface area contributed by atoms with Crippen LogP contribution in [0.1, 0.15) is 39.5 Å². The molecule has 16 heavy (non-hydrogen) atoms. The molecule has 0 atom stereocenters. The normalized spacial score (nSPS) is 18.2.